The summed E-state index contributed by atoms with van der Waals surface area (Å²) in [6.45, 7) is 4.48. The third kappa shape index (κ3) is 3.27. The van der Waals surface area contributed by atoms with Crippen molar-refractivity contribution in [1.82, 2.24) is 15.3 Å². The van der Waals surface area contributed by atoms with Crippen LogP contribution in [0.25, 0.3) is 10.2 Å². The Hall–Kier alpha value is -2.18. The van der Waals surface area contributed by atoms with Crippen LogP contribution in [0.5, 0.6) is 0 Å². The van der Waals surface area contributed by atoms with Gasteiger partial charge in [0.15, 0.2) is 0 Å². The van der Waals surface area contributed by atoms with Crippen LogP contribution in [0.3, 0.4) is 0 Å². The van der Waals surface area contributed by atoms with Crippen molar-refractivity contribution in [3.05, 3.63) is 51.6 Å². The third-order valence-corrected chi connectivity index (χ3v) is 6.14. The van der Waals surface area contributed by atoms with E-state index in [0.717, 1.165) is 40.3 Å². The highest BCUT2D eigenvalue weighted by Gasteiger charge is 2.23. The van der Waals surface area contributed by atoms with Crippen molar-refractivity contribution < 1.29 is 4.79 Å². The minimum absolute atomic E-state index is 0.0761. The highest BCUT2D eigenvalue weighted by atomic mass is 35.5. The lowest BCUT2D eigenvalue weighted by atomic mass is 10.2. The minimum Gasteiger partial charge on any atom is -0.356 e. The number of carbonyl (C=O) groups is 1. The zero-order valence-corrected chi connectivity index (χ0v) is 16.0. The van der Waals surface area contributed by atoms with Gasteiger partial charge in [-0.3, -0.25) is 4.79 Å². The lowest BCUT2D eigenvalue weighted by molar-refractivity contribution is 0.0954. The monoisotopic (exact) mass is 386 g/mol. The largest absolute Gasteiger partial charge is 0.356 e. The number of rotatable bonds is 4. The summed E-state index contributed by atoms with van der Waals surface area (Å²) in [6, 6.07) is 7.48. The van der Waals surface area contributed by atoms with Gasteiger partial charge in [-0.15, -0.1) is 11.3 Å². The van der Waals surface area contributed by atoms with Crippen LogP contribution in [0.1, 0.15) is 33.6 Å². The molecule has 3 heterocycles. The number of amides is 1. The molecule has 3 aromatic rings. The zero-order valence-electron chi connectivity index (χ0n) is 14.5. The number of benzene rings is 1. The Morgan fingerprint density at radius 2 is 1.96 bits per heavy atom. The lowest BCUT2D eigenvalue weighted by Gasteiger charge is -2.17. The van der Waals surface area contributed by atoms with Crippen molar-refractivity contribution in [2.45, 2.75) is 26.3 Å². The Bertz CT molecular complexity index is 948. The van der Waals surface area contributed by atoms with Crippen molar-refractivity contribution in [3.8, 4) is 0 Å². The van der Waals surface area contributed by atoms with Gasteiger partial charge in [-0.25, -0.2) is 9.97 Å². The predicted molar refractivity (Wildman–Crippen MR) is 106 cm³/mol. The van der Waals surface area contributed by atoms with Crippen LogP contribution < -0.4 is 10.2 Å². The van der Waals surface area contributed by atoms with Crippen LogP contribution in [0, 0.1) is 6.92 Å². The summed E-state index contributed by atoms with van der Waals surface area (Å²) in [4.78, 5) is 25.5. The molecule has 1 fully saturated rings. The number of fused-ring (bicyclic) bond motifs is 1. The number of hydrogen-bond donors (Lipinski definition) is 1. The number of hydrogen-bond acceptors (Lipinski definition) is 5. The van der Waals surface area contributed by atoms with E-state index in [1.54, 1.807) is 6.33 Å². The second-order valence-corrected chi connectivity index (χ2v) is 7.87. The van der Waals surface area contributed by atoms with Gasteiger partial charge in [0.2, 0.25) is 0 Å². The minimum atomic E-state index is -0.0761. The van der Waals surface area contributed by atoms with Gasteiger partial charge in [0.1, 0.15) is 17.0 Å². The summed E-state index contributed by atoms with van der Waals surface area (Å²) in [7, 11) is 0. The summed E-state index contributed by atoms with van der Waals surface area (Å²) < 4.78 is 0. The number of aryl methyl sites for hydroxylation is 1. The molecule has 0 saturated carbocycles. The van der Waals surface area contributed by atoms with E-state index in [1.807, 2.05) is 31.2 Å². The summed E-state index contributed by atoms with van der Waals surface area (Å²) >= 11 is 7.33. The Labute approximate surface area is 161 Å². The molecule has 2 aromatic heterocycles. The molecular formula is C19H19ClN4OS. The first kappa shape index (κ1) is 17.2. The number of aromatic nitrogens is 2. The fraction of sp³-hybridized carbons (Fsp3) is 0.316. The molecule has 0 aliphatic carbocycles. The summed E-state index contributed by atoms with van der Waals surface area (Å²) in [6.07, 6.45) is 3.97. The van der Waals surface area contributed by atoms with Gasteiger partial charge in [-0.2, -0.15) is 0 Å². The first-order valence-electron chi connectivity index (χ1n) is 8.65. The first-order valence-corrected chi connectivity index (χ1v) is 9.84. The first-order chi connectivity index (χ1) is 12.6. The summed E-state index contributed by atoms with van der Waals surface area (Å²) in [5, 5.41) is 4.69. The highest BCUT2D eigenvalue weighted by Crippen LogP contribution is 2.35. The van der Waals surface area contributed by atoms with E-state index in [1.165, 1.54) is 24.2 Å². The van der Waals surface area contributed by atoms with Gasteiger partial charge in [0.25, 0.3) is 5.91 Å². The van der Waals surface area contributed by atoms with Crippen LogP contribution in [-0.2, 0) is 6.54 Å². The van der Waals surface area contributed by atoms with Crippen molar-refractivity contribution in [1.29, 1.82) is 0 Å². The highest BCUT2D eigenvalue weighted by molar-refractivity contribution is 7.20. The second-order valence-electron chi connectivity index (χ2n) is 6.44. The van der Waals surface area contributed by atoms with Gasteiger partial charge in [-0.1, -0.05) is 23.7 Å². The number of nitrogens with zero attached hydrogens (tertiary/aromatic N) is 3. The molecule has 0 bridgehead atoms. The molecule has 1 saturated heterocycles. The molecular weight excluding hydrogens is 368 g/mol. The fourth-order valence-electron chi connectivity index (χ4n) is 3.30. The molecule has 1 aliphatic heterocycles. The van der Waals surface area contributed by atoms with Crippen molar-refractivity contribution in [3.63, 3.8) is 0 Å². The molecule has 134 valence electrons. The van der Waals surface area contributed by atoms with E-state index < -0.39 is 0 Å². The smallest absolute Gasteiger partial charge is 0.261 e. The van der Waals surface area contributed by atoms with E-state index in [-0.39, 0.29) is 5.91 Å². The zero-order chi connectivity index (χ0) is 18.1. The quantitative estimate of drug-likeness (QED) is 0.730. The SMILES string of the molecule is Cc1c(C(=O)NCc2ccc(Cl)cc2)sc2ncnc(N3CCCC3)c12. The third-order valence-electron chi connectivity index (χ3n) is 4.68. The van der Waals surface area contributed by atoms with E-state index in [9.17, 15) is 4.79 Å². The maximum absolute atomic E-state index is 12.7. The van der Waals surface area contributed by atoms with E-state index >= 15 is 0 Å². The van der Waals surface area contributed by atoms with E-state index in [4.69, 9.17) is 11.6 Å². The Morgan fingerprint density at radius 1 is 1.23 bits per heavy atom. The maximum atomic E-state index is 12.7. The molecule has 1 aromatic carbocycles. The van der Waals surface area contributed by atoms with Crippen LogP contribution in [0.4, 0.5) is 5.82 Å². The van der Waals surface area contributed by atoms with Gasteiger partial charge < -0.3 is 10.2 Å². The number of anilines is 1. The molecule has 0 unspecified atom stereocenters. The van der Waals surface area contributed by atoms with E-state index in [0.29, 0.717) is 16.4 Å². The van der Waals surface area contributed by atoms with Crippen LogP contribution in [-0.4, -0.2) is 29.0 Å². The second kappa shape index (κ2) is 7.21. The number of thiophene rings is 1. The number of nitrogens with one attached hydrogen (secondary N) is 1. The summed E-state index contributed by atoms with van der Waals surface area (Å²) in [5.74, 6) is 0.880. The van der Waals surface area contributed by atoms with E-state index in [2.05, 4.69) is 20.2 Å². The molecule has 1 amide bonds. The van der Waals surface area contributed by atoms with Crippen molar-refractivity contribution in [2.24, 2.45) is 0 Å². The van der Waals surface area contributed by atoms with Crippen LogP contribution in [0.2, 0.25) is 5.02 Å². The number of carbonyl (C=O) groups excluding carboxylic acids is 1. The van der Waals surface area contributed by atoms with Gasteiger partial charge in [-0.05, 0) is 43.0 Å². The van der Waals surface area contributed by atoms with Crippen LogP contribution in [0.15, 0.2) is 30.6 Å². The standard InChI is InChI=1S/C19H19ClN4OS/c1-12-15-17(24-8-2-3-9-24)22-11-23-19(15)26-16(12)18(25)21-10-13-4-6-14(20)7-5-13/h4-7,11H,2-3,8-10H2,1H3,(H,21,25). The van der Waals surface area contributed by atoms with Gasteiger partial charge >= 0.3 is 0 Å². The molecule has 26 heavy (non-hydrogen) atoms. The van der Waals surface area contributed by atoms with Crippen molar-refractivity contribution >= 4 is 44.9 Å². The maximum Gasteiger partial charge on any atom is 0.261 e. The number of halogens is 1. The Kier molecular flexibility index (Phi) is 4.78. The molecule has 5 nitrogen and oxygen atoms in total. The fourth-order valence-corrected chi connectivity index (χ4v) is 4.49. The molecule has 1 N–H and O–H groups in total. The molecule has 7 heteroatoms. The topological polar surface area (TPSA) is 58.1 Å². The lowest BCUT2D eigenvalue weighted by Crippen LogP contribution is -2.22. The average molecular weight is 387 g/mol. The van der Waals surface area contributed by atoms with Gasteiger partial charge in [0.05, 0.1) is 10.3 Å². The molecule has 0 radical (unpaired) electrons. The Morgan fingerprint density at radius 3 is 2.69 bits per heavy atom. The predicted octanol–water partition coefficient (Wildman–Crippen LogP) is 4.18. The molecule has 0 spiro atoms. The van der Waals surface area contributed by atoms with Gasteiger partial charge in [0, 0.05) is 24.7 Å². The molecule has 1 aliphatic rings. The summed E-state index contributed by atoms with van der Waals surface area (Å²) in [5.41, 5.74) is 1.97. The Balaban J connectivity index is 1.59. The van der Waals surface area contributed by atoms with Crippen LogP contribution >= 0.6 is 22.9 Å². The normalized spacial score (nSPS) is 14.2. The molecule has 0 atom stereocenters. The average Bonchev–Trinajstić information content (AvgIpc) is 3.29. The van der Waals surface area contributed by atoms with Crippen molar-refractivity contribution in [2.75, 3.05) is 18.0 Å². The molecule has 4 rings (SSSR count).